The Bertz CT molecular complexity index is 1150. The molecule has 0 aliphatic carbocycles. The van der Waals surface area contributed by atoms with Crippen molar-refractivity contribution in [3.05, 3.63) is 96.1 Å². The number of benzene rings is 3. The van der Waals surface area contributed by atoms with E-state index in [9.17, 15) is 19.2 Å². The molecule has 4 amide bonds. The van der Waals surface area contributed by atoms with Crippen LogP contribution in [-0.2, 0) is 9.53 Å². The van der Waals surface area contributed by atoms with Crippen molar-refractivity contribution in [2.75, 3.05) is 17.3 Å². The van der Waals surface area contributed by atoms with E-state index in [0.29, 0.717) is 11.4 Å². The third-order valence-corrected chi connectivity index (χ3v) is 4.75. The summed E-state index contributed by atoms with van der Waals surface area (Å²) in [4.78, 5) is 51.5. The molecule has 33 heavy (non-hydrogen) atoms. The highest BCUT2D eigenvalue weighted by Crippen LogP contribution is 2.18. The van der Waals surface area contributed by atoms with Crippen LogP contribution >= 0.6 is 0 Å². The van der Waals surface area contributed by atoms with Crippen LogP contribution in [0.25, 0.3) is 0 Å². The van der Waals surface area contributed by atoms with Crippen LogP contribution in [0, 0.1) is 0 Å². The van der Waals surface area contributed by atoms with Crippen LogP contribution in [0.4, 0.5) is 16.2 Å². The lowest BCUT2D eigenvalue weighted by Crippen LogP contribution is -2.41. The number of ether oxygens (including phenoxy) is 1. The topological polar surface area (TPSA) is 105 Å². The quantitative estimate of drug-likeness (QED) is 0.561. The molecule has 0 saturated carbocycles. The number of urea groups is 1. The van der Waals surface area contributed by atoms with Crippen molar-refractivity contribution in [3.63, 3.8) is 0 Å². The van der Waals surface area contributed by atoms with E-state index in [1.807, 2.05) is 6.07 Å². The minimum absolute atomic E-state index is 0.0127. The molecule has 8 heteroatoms. The summed E-state index contributed by atoms with van der Waals surface area (Å²) in [6.45, 7) is 1.34. The first-order valence-electron chi connectivity index (χ1n) is 10.2. The van der Waals surface area contributed by atoms with E-state index in [1.54, 1.807) is 73.8 Å². The second-order valence-corrected chi connectivity index (χ2v) is 7.10. The zero-order valence-electron chi connectivity index (χ0n) is 18.1. The summed E-state index contributed by atoms with van der Waals surface area (Å²) in [7, 11) is 1.60. The summed E-state index contributed by atoms with van der Waals surface area (Å²) in [6, 6.07) is 23.0. The van der Waals surface area contributed by atoms with Gasteiger partial charge in [-0.15, -0.1) is 0 Å². The van der Waals surface area contributed by atoms with E-state index in [0.717, 1.165) is 0 Å². The average molecular weight is 445 g/mol. The van der Waals surface area contributed by atoms with Crippen LogP contribution in [0.1, 0.15) is 27.6 Å². The van der Waals surface area contributed by atoms with Gasteiger partial charge in [0.15, 0.2) is 6.10 Å². The zero-order chi connectivity index (χ0) is 23.8. The average Bonchev–Trinajstić information content (AvgIpc) is 2.84. The minimum Gasteiger partial charge on any atom is -0.449 e. The first-order chi connectivity index (χ1) is 15.9. The third kappa shape index (κ3) is 6.04. The van der Waals surface area contributed by atoms with Crippen molar-refractivity contribution in [2.45, 2.75) is 13.0 Å². The van der Waals surface area contributed by atoms with Gasteiger partial charge in [-0.05, 0) is 43.3 Å². The van der Waals surface area contributed by atoms with Gasteiger partial charge in [-0.1, -0.05) is 48.5 Å². The molecule has 168 valence electrons. The van der Waals surface area contributed by atoms with Crippen molar-refractivity contribution in [2.24, 2.45) is 0 Å². The Kier molecular flexibility index (Phi) is 7.54. The van der Waals surface area contributed by atoms with Gasteiger partial charge < -0.3 is 15.0 Å². The molecule has 3 aromatic carbocycles. The van der Waals surface area contributed by atoms with Crippen LogP contribution in [0.5, 0.6) is 0 Å². The highest BCUT2D eigenvalue weighted by atomic mass is 16.5. The Hall–Kier alpha value is -4.46. The molecule has 0 fully saturated rings. The molecule has 0 bridgehead atoms. The Morgan fingerprint density at radius 1 is 0.788 bits per heavy atom. The number of carbonyl (C=O) groups excluding carboxylic acids is 4. The van der Waals surface area contributed by atoms with Gasteiger partial charge in [0.2, 0.25) is 0 Å². The second kappa shape index (κ2) is 10.7. The number of nitrogens with zero attached hydrogens (tertiary/aromatic N) is 1. The molecule has 0 aromatic heterocycles. The van der Waals surface area contributed by atoms with Gasteiger partial charge in [0.1, 0.15) is 0 Å². The number of nitrogens with one attached hydrogen (secondary N) is 2. The normalized spacial score (nSPS) is 11.1. The molecule has 1 atom stereocenters. The monoisotopic (exact) mass is 445 g/mol. The van der Waals surface area contributed by atoms with E-state index in [1.165, 1.54) is 24.0 Å². The van der Waals surface area contributed by atoms with Gasteiger partial charge in [0, 0.05) is 18.4 Å². The third-order valence-electron chi connectivity index (χ3n) is 4.75. The maximum Gasteiger partial charge on any atom is 0.339 e. The number of carbonyl (C=O) groups is 4. The fourth-order valence-electron chi connectivity index (χ4n) is 2.97. The Balaban J connectivity index is 1.66. The van der Waals surface area contributed by atoms with Crippen LogP contribution in [-0.4, -0.2) is 37.0 Å². The molecule has 8 nitrogen and oxygen atoms in total. The first-order valence-corrected chi connectivity index (χ1v) is 10.2. The molecule has 0 radical (unpaired) electrons. The fourth-order valence-corrected chi connectivity index (χ4v) is 2.97. The number of anilines is 2. The highest BCUT2D eigenvalue weighted by Gasteiger charge is 2.25. The predicted molar refractivity (Wildman–Crippen MR) is 124 cm³/mol. The van der Waals surface area contributed by atoms with Crippen molar-refractivity contribution in [3.8, 4) is 0 Å². The molecule has 0 aliphatic heterocycles. The van der Waals surface area contributed by atoms with Gasteiger partial charge in [-0.3, -0.25) is 14.9 Å². The molecule has 1 unspecified atom stereocenters. The molecule has 0 spiro atoms. The van der Waals surface area contributed by atoms with Gasteiger partial charge in [0.05, 0.1) is 11.1 Å². The van der Waals surface area contributed by atoms with Crippen molar-refractivity contribution < 1.29 is 23.9 Å². The van der Waals surface area contributed by atoms with Crippen LogP contribution in [0.15, 0.2) is 84.9 Å². The number of esters is 1. The predicted octanol–water partition coefficient (Wildman–Crippen LogP) is 3.86. The van der Waals surface area contributed by atoms with Crippen molar-refractivity contribution >= 4 is 35.2 Å². The van der Waals surface area contributed by atoms with E-state index in [-0.39, 0.29) is 11.1 Å². The molecule has 3 aromatic rings. The highest BCUT2D eigenvalue weighted by molar-refractivity contribution is 6.12. The van der Waals surface area contributed by atoms with Crippen molar-refractivity contribution in [1.82, 2.24) is 5.32 Å². The Labute approximate surface area is 191 Å². The van der Waals surface area contributed by atoms with Gasteiger partial charge in [0.25, 0.3) is 11.8 Å². The zero-order valence-corrected chi connectivity index (χ0v) is 18.1. The van der Waals surface area contributed by atoms with Gasteiger partial charge >= 0.3 is 12.0 Å². The fraction of sp³-hybridized carbons (Fsp3) is 0.120. The molecule has 0 aliphatic rings. The van der Waals surface area contributed by atoms with Crippen molar-refractivity contribution in [1.29, 1.82) is 0 Å². The first kappa shape index (κ1) is 23.2. The summed E-state index contributed by atoms with van der Waals surface area (Å²) in [6.07, 6.45) is -1.27. The van der Waals surface area contributed by atoms with E-state index in [2.05, 4.69) is 10.6 Å². The van der Waals surface area contributed by atoms with Crippen LogP contribution < -0.4 is 15.5 Å². The smallest absolute Gasteiger partial charge is 0.339 e. The maximum absolute atomic E-state index is 13.0. The van der Waals surface area contributed by atoms with E-state index in [4.69, 9.17) is 4.74 Å². The summed E-state index contributed by atoms with van der Waals surface area (Å²) in [5.74, 6) is -2.07. The SMILES string of the molecule is CC(OC(=O)c1ccccc1C(=O)N(C)c1ccccc1)C(=O)NC(=O)Nc1ccccc1. The number of rotatable bonds is 6. The number of imide groups is 1. The summed E-state index contributed by atoms with van der Waals surface area (Å²) in [5, 5.41) is 4.62. The summed E-state index contributed by atoms with van der Waals surface area (Å²) >= 11 is 0. The number of hydrogen-bond acceptors (Lipinski definition) is 5. The molecule has 0 heterocycles. The Morgan fingerprint density at radius 3 is 1.97 bits per heavy atom. The molecular formula is C25H23N3O5. The lowest BCUT2D eigenvalue weighted by molar-refractivity contribution is -0.127. The standard InChI is InChI=1S/C25H23N3O5/c1-17(22(29)27-25(32)26-18-11-5-3-6-12-18)33-24(31)21-16-10-9-15-20(21)23(30)28(2)19-13-7-4-8-14-19/h3-17H,1-2H3,(H2,26,27,29,32). The van der Waals surface area contributed by atoms with Gasteiger partial charge in [-0.2, -0.15) is 0 Å². The maximum atomic E-state index is 13.0. The summed E-state index contributed by atoms with van der Waals surface area (Å²) in [5.41, 5.74) is 1.30. The lowest BCUT2D eigenvalue weighted by atomic mass is 10.1. The molecule has 3 rings (SSSR count). The number of para-hydroxylation sites is 2. The summed E-state index contributed by atoms with van der Waals surface area (Å²) < 4.78 is 5.22. The van der Waals surface area contributed by atoms with Gasteiger partial charge in [-0.25, -0.2) is 9.59 Å². The largest absolute Gasteiger partial charge is 0.449 e. The molecular weight excluding hydrogens is 422 g/mol. The molecule has 0 saturated heterocycles. The number of hydrogen-bond donors (Lipinski definition) is 2. The number of amides is 4. The minimum atomic E-state index is -1.27. The van der Waals surface area contributed by atoms with E-state index < -0.39 is 29.9 Å². The molecule has 2 N–H and O–H groups in total. The lowest BCUT2D eigenvalue weighted by Gasteiger charge is -2.19. The van der Waals surface area contributed by atoms with Crippen LogP contribution in [0.2, 0.25) is 0 Å². The van der Waals surface area contributed by atoms with Crippen LogP contribution in [0.3, 0.4) is 0 Å². The Morgan fingerprint density at radius 2 is 1.33 bits per heavy atom. The van der Waals surface area contributed by atoms with E-state index >= 15 is 0 Å². The second-order valence-electron chi connectivity index (χ2n) is 7.10.